The summed E-state index contributed by atoms with van der Waals surface area (Å²) in [6.45, 7) is 7.97. The molecule has 3 rings (SSSR count). The van der Waals surface area contributed by atoms with E-state index in [0.29, 0.717) is 0 Å². The Morgan fingerprint density at radius 1 is 1.25 bits per heavy atom. The van der Waals surface area contributed by atoms with E-state index in [0.717, 1.165) is 40.0 Å². The highest BCUT2D eigenvalue weighted by Gasteiger charge is 2.33. The molecular weight excluding hydrogens is 302 g/mol. The molecule has 0 saturated heterocycles. The summed E-state index contributed by atoms with van der Waals surface area (Å²) in [5.74, 6) is -0.425. The van der Waals surface area contributed by atoms with Crippen molar-refractivity contribution in [3.8, 4) is 5.75 Å². The molecule has 24 heavy (non-hydrogen) atoms. The predicted molar refractivity (Wildman–Crippen MR) is 95.5 cm³/mol. The first kappa shape index (κ1) is 16.4. The van der Waals surface area contributed by atoms with Crippen LogP contribution in [0.15, 0.2) is 18.2 Å². The average Bonchev–Trinajstić information content (AvgIpc) is 2.57. The second-order valence-electron chi connectivity index (χ2n) is 6.43. The van der Waals surface area contributed by atoms with Crippen LogP contribution in [0.5, 0.6) is 5.75 Å². The van der Waals surface area contributed by atoms with Crippen LogP contribution in [0.4, 0.5) is 11.4 Å². The van der Waals surface area contributed by atoms with Crippen LogP contribution in [0, 0.1) is 20.8 Å². The molecule has 4 nitrogen and oxygen atoms in total. The van der Waals surface area contributed by atoms with Crippen LogP contribution >= 0.6 is 0 Å². The van der Waals surface area contributed by atoms with E-state index < -0.39 is 5.97 Å². The van der Waals surface area contributed by atoms with E-state index in [2.05, 4.69) is 37.4 Å². The number of hydrogen-bond donors (Lipinski definition) is 2. The van der Waals surface area contributed by atoms with Crippen molar-refractivity contribution in [1.82, 2.24) is 0 Å². The maximum atomic E-state index is 12.2. The van der Waals surface area contributed by atoms with Crippen molar-refractivity contribution in [2.75, 3.05) is 12.4 Å². The topological polar surface area (TPSA) is 58.6 Å². The molecule has 0 bridgehead atoms. The minimum atomic E-state index is -0.499. The van der Waals surface area contributed by atoms with E-state index >= 15 is 0 Å². The van der Waals surface area contributed by atoms with Crippen LogP contribution in [0.3, 0.4) is 0 Å². The molecule has 1 heterocycles. The predicted octanol–water partition coefficient (Wildman–Crippen LogP) is 4.70. The minimum Gasteiger partial charge on any atom is -0.507 e. The summed E-state index contributed by atoms with van der Waals surface area (Å²) in [5, 5.41) is 14.4. The fourth-order valence-corrected chi connectivity index (χ4v) is 3.66. The van der Waals surface area contributed by atoms with E-state index in [9.17, 15) is 9.90 Å². The number of benzene rings is 2. The summed E-state index contributed by atoms with van der Waals surface area (Å²) in [6.07, 6.45) is 0.835. The number of phenols is 1. The van der Waals surface area contributed by atoms with Gasteiger partial charge in [-0.25, -0.2) is 4.79 Å². The van der Waals surface area contributed by atoms with Gasteiger partial charge in [0.05, 0.1) is 7.11 Å². The maximum Gasteiger partial charge on any atom is 0.341 e. The number of fused-ring (bicyclic) bond motifs is 2. The van der Waals surface area contributed by atoms with Gasteiger partial charge < -0.3 is 15.2 Å². The molecular formula is C20H23NO3. The largest absolute Gasteiger partial charge is 0.507 e. The Labute approximate surface area is 142 Å². The average molecular weight is 325 g/mol. The molecule has 0 amide bonds. The van der Waals surface area contributed by atoms with Gasteiger partial charge >= 0.3 is 5.97 Å². The maximum absolute atomic E-state index is 12.2. The van der Waals surface area contributed by atoms with Crippen molar-refractivity contribution in [3.63, 3.8) is 0 Å². The molecule has 126 valence electrons. The molecule has 0 aliphatic carbocycles. The highest BCUT2D eigenvalue weighted by Crippen LogP contribution is 2.50. The van der Waals surface area contributed by atoms with Gasteiger partial charge in [-0.05, 0) is 49.9 Å². The molecule has 0 spiro atoms. The minimum absolute atomic E-state index is 0.0338. The van der Waals surface area contributed by atoms with E-state index in [4.69, 9.17) is 4.74 Å². The molecule has 4 heteroatoms. The number of rotatable bonds is 2. The molecule has 0 fully saturated rings. The SMILES string of the molecule is CCC1c2cc(C)ccc2Nc2c(C)c(C)c(C(=O)OC)c(O)c21. The number of nitrogens with one attached hydrogen (secondary N) is 1. The van der Waals surface area contributed by atoms with Gasteiger partial charge in [0, 0.05) is 22.9 Å². The molecule has 1 aliphatic rings. The highest BCUT2D eigenvalue weighted by molar-refractivity contribution is 5.97. The number of phenolic OH excluding ortho intramolecular Hbond substituents is 1. The number of hydrogen-bond acceptors (Lipinski definition) is 4. The fraction of sp³-hybridized carbons (Fsp3) is 0.350. The van der Waals surface area contributed by atoms with E-state index in [1.54, 1.807) is 0 Å². The first-order valence-corrected chi connectivity index (χ1v) is 8.22. The third-order valence-electron chi connectivity index (χ3n) is 5.06. The zero-order valence-corrected chi connectivity index (χ0v) is 14.8. The second kappa shape index (κ2) is 5.86. The lowest BCUT2D eigenvalue weighted by Crippen LogP contribution is -2.17. The molecule has 1 atom stereocenters. The number of aryl methyl sites for hydroxylation is 1. The van der Waals surface area contributed by atoms with Gasteiger partial charge in [-0.1, -0.05) is 24.6 Å². The number of esters is 1. The van der Waals surface area contributed by atoms with Crippen molar-refractivity contribution in [2.24, 2.45) is 0 Å². The summed E-state index contributed by atoms with van der Waals surface area (Å²) < 4.78 is 4.88. The number of carbonyl (C=O) groups is 1. The van der Waals surface area contributed by atoms with E-state index in [1.165, 1.54) is 12.7 Å². The molecule has 1 unspecified atom stereocenters. The van der Waals surface area contributed by atoms with Crippen LogP contribution in [0.1, 0.15) is 57.4 Å². The summed E-state index contributed by atoms with van der Waals surface area (Å²) >= 11 is 0. The van der Waals surface area contributed by atoms with E-state index in [-0.39, 0.29) is 17.2 Å². The standard InChI is InChI=1S/C20H23NO3/c1-6-13-14-9-10(2)7-8-15(14)21-18-12(4)11(3)16(20(23)24-5)19(22)17(13)18/h7-9,13,21-22H,6H2,1-5H3. The van der Waals surface area contributed by atoms with Gasteiger partial charge in [0.25, 0.3) is 0 Å². The summed E-state index contributed by atoms with van der Waals surface area (Å²) in [4.78, 5) is 12.2. The molecule has 1 aliphatic heterocycles. The lowest BCUT2D eigenvalue weighted by Gasteiger charge is -2.32. The molecule has 2 N–H and O–H groups in total. The molecule has 2 aromatic rings. The number of anilines is 2. The fourth-order valence-electron chi connectivity index (χ4n) is 3.66. The number of carbonyl (C=O) groups excluding carboxylic acids is 1. The van der Waals surface area contributed by atoms with Gasteiger partial charge in [-0.2, -0.15) is 0 Å². The summed E-state index contributed by atoms with van der Waals surface area (Å²) in [6, 6.07) is 6.30. The Bertz CT molecular complexity index is 840. The highest BCUT2D eigenvalue weighted by atomic mass is 16.5. The Morgan fingerprint density at radius 3 is 2.58 bits per heavy atom. The Balaban J connectivity index is 2.33. The van der Waals surface area contributed by atoms with Gasteiger partial charge in [-0.15, -0.1) is 0 Å². The summed E-state index contributed by atoms with van der Waals surface area (Å²) in [7, 11) is 1.34. The van der Waals surface area contributed by atoms with Crippen molar-refractivity contribution >= 4 is 17.3 Å². The molecule has 0 saturated carbocycles. The van der Waals surface area contributed by atoms with Gasteiger partial charge in [-0.3, -0.25) is 0 Å². The van der Waals surface area contributed by atoms with Crippen LogP contribution < -0.4 is 5.32 Å². The Hall–Kier alpha value is -2.49. The van der Waals surface area contributed by atoms with Crippen molar-refractivity contribution < 1.29 is 14.6 Å². The number of methoxy groups -OCH3 is 1. The first-order chi connectivity index (χ1) is 11.4. The normalized spacial score (nSPS) is 15.3. The monoisotopic (exact) mass is 325 g/mol. The van der Waals surface area contributed by atoms with Crippen LogP contribution in [-0.2, 0) is 4.74 Å². The molecule has 0 radical (unpaired) electrons. The van der Waals surface area contributed by atoms with Crippen LogP contribution in [0.2, 0.25) is 0 Å². The van der Waals surface area contributed by atoms with Gasteiger partial charge in [0.1, 0.15) is 11.3 Å². The number of ether oxygens (including phenoxy) is 1. The van der Waals surface area contributed by atoms with Crippen molar-refractivity contribution in [3.05, 3.63) is 51.6 Å². The van der Waals surface area contributed by atoms with Crippen LogP contribution in [-0.4, -0.2) is 18.2 Å². The Morgan fingerprint density at radius 2 is 1.96 bits per heavy atom. The third kappa shape index (κ3) is 2.25. The second-order valence-corrected chi connectivity index (χ2v) is 6.43. The lowest BCUT2D eigenvalue weighted by atomic mass is 9.79. The lowest BCUT2D eigenvalue weighted by molar-refractivity contribution is 0.0596. The quantitative estimate of drug-likeness (QED) is 0.786. The Kier molecular flexibility index (Phi) is 3.99. The van der Waals surface area contributed by atoms with Gasteiger partial charge in [0.15, 0.2) is 0 Å². The summed E-state index contributed by atoms with van der Waals surface area (Å²) in [5.41, 5.74) is 7.06. The number of aromatic hydroxyl groups is 1. The zero-order valence-electron chi connectivity index (χ0n) is 14.8. The van der Waals surface area contributed by atoms with Gasteiger partial charge in [0.2, 0.25) is 0 Å². The molecule has 2 aromatic carbocycles. The smallest absolute Gasteiger partial charge is 0.341 e. The van der Waals surface area contributed by atoms with E-state index in [1.807, 2.05) is 13.8 Å². The van der Waals surface area contributed by atoms with Crippen LogP contribution in [0.25, 0.3) is 0 Å². The van der Waals surface area contributed by atoms with Crippen molar-refractivity contribution in [1.29, 1.82) is 0 Å². The van der Waals surface area contributed by atoms with Crippen molar-refractivity contribution in [2.45, 2.75) is 40.0 Å². The first-order valence-electron chi connectivity index (χ1n) is 8.22. The third-order valence-corrected chi connectivity index (χ3v) is 5.06. The molecule has 0 aromatic heterocycles. The zero-order chi connectivity index (χ0) is 17.6.